The average Bonchev–Trinajstić information content (AvgIpc) is 3.23. The zero-order chi connectivity index (χ0) is 38.7. The van der Waals surface area contributed by atoms with E-state index in [1.807, 2.05) is 72.8 Å². The molecule has 56 heavy (non-hydrogen) atoms. The molecule has 0 radical (unpaired) electrons. The van der Waals surface area contributed by atoms with Crippen molar-refractivity contribution in [2.24, 2.45) is 0 Å². The number of rotatable bonds is 13. The Hall–Kier alpha value is -7.12. The quantitative estimate of drug-likeness (QED) is 0.0717. The fraction of sp³-hybridized carbons (Fsp3) is 0.102. The largest absolute Gasteiger partial charge is 0.521 e. The molecule has 0 bridgehead atoms. The van der Waals surface area contributed by atoms with Crippen LogP contribution in [0.25, 0.3) is 0 Å². The van der Waals surface area contributed by atoms with Gasteiger partial charge >= 0.3 is 12.1 Å². The molecule has 0 aliphatic heterocycles. The van der Waals surface area contributed by atoms with Crippen molar-refractivity contribution < 1.29 is 24.2 Å². The van der Waals surface area contributed by atoms with Crippen LogP contribution >= 0.6 is 0 Å². The Morgan fingerprint density at radius 3 is 1.09 bits per heavy atom. The zero-order valence-corrected chi connectivity index (χ0v) is 31.1. The minimum atomic E-state index is -1.06. The standard InChI is InChI=1S/C49H42N2O5/c1-36(52)55-49(54)56-48-34-30-46(31-35-48)51(42-10-6-3-7-11-42)44-26-22-40(23-27-44)19-17-38-14-12-37(13-15-38)16-18-39-20-24-43(25-21-39)50(41-8-4-2-5-9-41)45-28-32-47(53)33-29-45/h2-15,20-35,53H,16-19H2,1H3. The molecule has 1 N–H and O–H groups in total. The van der Waals surface area contributed by atoms with Crippen molar-refractivity contribution in [3.63, 3.8) is 0 Å². The Bertz CT molecular complexity index is 2330. The summed E-state index contributed by atoms with van der Waals surface area (Å²) in [4.78, 5) is 27.1. The number of benzene rings is 7. The van der Waals surface area contributed by atoms with E-state index < -0.39 is 12.1 Å². The van der Waals surface area contributed by atoms with Crippen LogP contribution in [0, 0.1) is 0 Å². The molecule has 0 spiro atoms. The predicted molar refractivity (Wildman–Crippen MR) is 223 cm³/mol. The number of anilines is 6. The average molecular weight is 739 g/mol. The van der Waals surface area contributed by atoms with Gasteiger partial charge in [0.25, 0.3) is 0 Å². The summed E-state index contributed by atoms with van der Waals surface area (Å²) >= 11 is 0. The molecule has 0 unspecified atom stereocenters. The molecule has 278 valence electrons. The molecule has 0 fully saturated rings. The fourth-order valence-corrected chi connectivity index (χ4v) is 6.62. The molecular weight excluding hydrogens is 697 g/mol. The number of ether oxygens (including phenoxy) is 2. The van der Waals surface area contributed by atoms with Crippen molar-refractivity contribution in [2.45, 2.75) is 32.6 Å². The number of aryl methyl sites for hydroxylation is 4. The summed E-state index contributed by atoms with van der Waals surface area (Å²) in [7, 11) is 0. The lowest BCUT2D eigenvalue weighted by molar-refractivity contribution is -0.136. The van der Waals surface area contributed by atoms with Gasteiger partial charge in [-0.3, -0.25) is 4.79 Å². The number of esters is 1. The second-order valence-corrected chi connectivity index (χ2v) is 13.4. The number of carbonyl (C=O) groups is 2. The number of nitrogens with zero attached hydrogens (tertiary/aromatic N) is 2. The van der Waals surface area contributed by atoms with Gasteiger partial charge in [0, 0.05) is 41.0 Å². The maximum absolute atomic E-state index is 11.8. The lowest BCUT2D eigenvalue weighted by Crippen LogP contribution is -2.14. The first-order valence-electron chi connectivity index (χ1n) is 18.6. The van der Waals surface area contributed by atoms with Crippen LogP contribution in [-0.2, 0) is 35.2 Å². The van der Waals surface area contributed by atoms with Gasteiger partial charge in [-0.2, -0.15) is 0 Å². The molecule has 7 nitrogen and oxygen atoms in total. The van der Waals surface area contributed by atoms with Crippen molar-refractivity contribution in [2.75, 3.05) is 9.80 Å². The van der Waals surface area contributed by atoms with Crippen LogP contribution in [0.1, 0.15) is 29.2 Å². The minimum Gasteiger partial charge on any atom is -0.508 e. The lowest BCUT2D eigenvalue weighted by Gasteiger charge is -2.25. The number of hydrogen-bond acceptors (Lipinski definition) is 7. The number of carbonyl (C=O) groups excluding carboxylic acids is 2. The fourth-order valence-electron chi connectivity index (χ4n) is 6.62. The SMILES string of the molecule is CC(=O)OC(=O)Oc1ccc(N(c2ccccc2)c2ccc(CCc3ccc(CCc4ccc(N(c5ccccc5)c5ccc(O)cc5)cc4)cc3)cc2)cc1. The summed E-state index contributed by atoms with van der Waals surface area (Å²) < 4.78 is 9.59. The second kappa shape index (κ2) is 17.8. The molecule has 0 aliphatic carbocycles. The third kappa shape index (κ3) is 9.70. The van der Waals surface area contributed by atoms with E-state index in [4.69, 9.17) is 4.74 Å². The van der Waals surface area contributed by atoms with Gasteiger partial charge in [-0.05, 0) is 145 Å². The Morgan fingerprint density at radius 2 is 0.732 bits per heavy atom. The van der Waals surface area contributed by atoms with E-state index in [-0.39, 0.29) is 11.5 Å². The van der Waals surface area contributed by atoms with E-state index in [0.29, 0.717) is 0 Å². The summed E-state index contributed by atoms with van der Waals surface area (Å²) in [6.07, 6.45) is 2.71. The third-order valence-electron chi connectivity index (χ3n) is 9.48. The highest BCUT2D eigenvalue weighted by atomic mass is 16.7. The number of hydrogen-bond donors (Lipinski definition) is 1. The first-order chi connectivity index (χ1) is 27.4. The summed E-state index contributed by atoms with van der Waals surface area (Å²) in [6.45, 7) is 1.15. The van der Waals surface area contributed by atoms with Gasteiger partial charge < -0.3 is 24.4 Å². The van der Waals surface area contributed by atoms with Crippen LogP contribution in [-0.4, -0.2) is 17.2 Å². The van der Waals surface area contributed by atoms with Crippen molar-refractivity contribution in [3.8, 4) is 11.5 Å². The highest BCUT2D eigenvalue weighted by Gasteiger charge is 2.15. The summed E-state index contributed by atoms with van der Waals surface area (Å²) in [5, 5.41) is 9.84. The van der Waals surface area contributed by atoms with Gasteiger partial charge in [-0.1, -0.05) is 84.9 Å². The van der Waals surface area contributed by atoms with Crippen LogP contribution in [0.3, 0.4) is 0 Å². The van der Waals surface area contributed by atoms with Crippen molar-refractivity contribution in [1.29, 1.82) is 0 Å². The molecule has 0 amide bonds. The molecular formula is C49H42N2O5. The highest BCUT2D eigenvalue weighted by Crippen LogP contribution is 2.37. The van der Waals surface area contributed by atoms with E-state index in [1.165, 1.54) is 22.3 Å². The summed E-state index contributed by atoms with van der Waals surface area (Å²) in [6, 6.07) is 61.0. The lowest BCUT2D eigenvalue weighted by atomic mass is 10.00. The Kier molecular flexibility index (Phi) is 11.8. The first kappa shape index (κ1) is 37.2. The molecule has 7 heteroatoms. The van der Waals surface area contributed by atoms with E-state index in [2.05, 4.69) is 99.5 Å². The molecule has 0 aliphatic rings. The van der Waals surface area contributed by atoms with Crippen molar-refractivity contribution in [3.05, 3.63) is 204 Å². The Balaban J connectivity index is 0.948. The van der Waals surface area contributed by atoms with E-state index in [0.717, 1.165) is 66.7 Å². The van der Waals surface area contributed by atoms with Gasteiger partial charge in [0.2, 0.25) is 0 Å². The van der Waals surface area contributed by atoms with Crippen LogP contribution in [0.4, 0.5) is 38.9 Å². The molecule has 7 rings (SSSR count). The number of para-hydroxylation sites is 2. The van der Waals surface area contributed by atoms with Crippen LogP contribution in [0.15, 0.2) is 182 Å². The monoisotopic (exact) mass is 738 g/mol. The molecule has 0 saturated carbocycles. The summed E-state index contributed by atoms with van der Waals surface area (Å²) in [5.41, 5.74) is 11.1. The highest BCUT2D eigenvalue weighted by molar-refractivity contribution is 5.82. The number of phenolic OH excluding ortho intramolecular Hbond substituents is 1. The van der Waals surface area contributed by atoms with Gasteiger partial charge in [0.05, 0.1) is 0 Å². The van der Waals surface area contributed by atoms with E-state index >= 15 is 0 Å². The summed E-state index contributed by atoms with van der Waals surface area (Å²) in [5.74, 6) is -0.201. The molecule has 0 heterocycles. The first-order valence-corrected chi connectivity index (χ1v) is 18.6. The molecule has 0 aromatic heterocycles. The molecule has 0 atom stereocenters. The number of aromatic hydroxyl groups is 1. The van der Waals surface area contributed by atoms with Crippen LogP contribution in [0.5, 0.6) is 11.5 Å². The van der Waals surface area contributed by atoms with Gasteiger partial charge in [-0.25, -0.2) is 4.79 Å². The van der Waals surface area contributed by atoms with E-state index in [9.17, 15) is 14.7 Å². The van der Waals surface area contributed by atoms with Crippen molar-refractivity contribution >= 4 is 46.2 Å². The predicted octanol–water partition coefficient (Wildman–Crippen LogP) is 12.0. The topological polar surface area (TPSA) is 79.3 Å². The van der Waals surface area contributed by atoms with Gasteiger partial charge in [-0.15, -0.1) is 0 Å². The minimum absolute atomic E-state index is 0.248. The molecule has 7 aromatic carbocycles. The van der Waals surface area contributed by atoms with Crippen LogP contribution < -0.4 is 14.5 Å². The maximum atomic E-state index is 11.8. The van der Waals surface area contributed by atoms with E-state index in [1.54, 1.807) is 24.3 Å². The Labute approximate surface area is 327 Å². The smallest absolute Gasteiger partial charge is 0.508 e. The van der Waals surface area contributed by atoms with Crippen molar-refractivity contribution in [1.82, 2.24) is 0 Å². The zero-order valence-electron chi connectivity index (χ0n) is 31.1. The van der Waals surface area contributed by atoms with Gasteiger partial charge in [0.1, 0.15) is 11.5 Å². The molecule has 7 aromatic rings. The normalized spacial score (nSPS) is 10.7. The third-order valence-corrected chi connectivity index (χ3v) is 9.48. The van der Waals surface area contributed by atoms with Gasteiger partial charge in [0.15, 0.2) is 0 Å². The number of phenols is 1. The molecule has 0 saturated heterocycles. The van der Waals surface area contributed by atoms with Crippen LogP contribution in [0.2, 0.25) is 0 Å². The maximum Gasteiger partial charge on any atom is 0.521 e. The Morgan fingerprint density at radius 1 is 0.429 bits per heavy atom. The second-order valence-electron chi connectivity index (χ2n) is 13.4.